The number of hydrogen-bond acceptors (Lipinski definition) is 5. The molecule has 0 radical (unpaired) electrons. The van der Waals surface area contributed by atoms with Gasteiger partial charge >= 0.3 is 0 Å². The number of carbonyl (C=O) groups is 1. The van der Waals surface area contributed by atoms with Crippen molar-refractivity contribution >= 4 is 23.0 Å². The standard InChI is InChI=1S/C18H19N3O5/c1-11-13(9-12(20(23)24)10-16(11)21(25)26)17(22)19-15-8-6-5-7-14(15)18(2,3)4/h5-10H,1-4H3,(H,19,22). The van der Waals surface area contributed by atoms with E-state index in [0.29, 0.717) is 5.69 Å². The Morgan fingerprint density at radius 2 is 1.65 bits per heavy atom. The van der Waals surface area contributed by atoms with Crippen LogP contribution < -0.4 is 5.32 Å². The van der Waals surface area contributed by atoms with Crippen molar-refractivity contribution in [3.05, 3.63) is 73.3 Å². The van der Waals surface area contributed by atoms with E-state index in [-0.39, 0.29) is 16.5 Å². The highest BCUT2D eigenvalue weighted by Crippen LogP contribution is 2.31. The summed E-state index contributed by atoms with van der Waals surface area (Å²) in [4.78, 5) is 33.4. The zero-order valence-electron chi connectivity index (χ0n) is 14.9. The van der Waals surface area contributed by atoms with Crippen LogP contribution in [0.4, 0.5) is 17.1 Å². The van der Waals surface area contributed by atoms with Gasteiger partial charge in [-0.3, -0.25) is 25.0 Å². The van der Waals surface area contributed by atoms with E-state index in [9.17, 15) is 25.0 Å². The summed E-state index contributed by atoms with van der Waals surface area (Å²) < 4.78 is 0. The summed E-state index contributed by atoms with van der Waals surface area (Å²) in [6.45, 7) is 7.36. The molecule has 136 valence electrons. The van der Waals surface area contributed by atoms with Crippen molar-refractivity contribution in [3.8, 4) is 0 Å². The van der Waals surface area contributed by atoms with E-state index in [2.05, 4.69) is 5.32 Å². The number of amides is 1. The molecule has 0 fully saturated rings. The van der Waals surface area contributed by atoms with Gasteiger partial charge in [-0.2, -0.15) is 0 Å². The number of non-ortho nitro benzene ring substituents is 1. The van der Waals surface area contributed by atoms with Crippen molar-refractivity contribution in [1.82, 2.24) is 0 Å². The van der Waals surface area contributed by atoms with E-state index in [0.717, 1.165) is 17.7 Å². The third-order valence-corrected chi connectivity index (χ3v) is 4.00. The Kier molecular flexibility index (Phi) is 5.06. The highest BCUT2D eigenvalue weighted by atomic mass is 16.6. The molecule has 0 saturated carbocycles. The monoisotopic (exact) mass is 357 g/mol. The fourth-order valence-electron chi connectivity index (χ4n) is 2.65. The first-order chi connectivity index (χ1) is 12.0. The largest absolute Gasteiger partial charge is 0.322 e. The van der Waals surface area contributed by atoms with E-state index >= 15 is 0 Å². The van der Waals surface area contributed by atoms with Crippen molar-refractivity contribution in [2.24, 2.45) is 0 Å². The average Bonchev–Trinajstić information content (AvgIpc) is 2.53. The minimum atomic E-state index is -0.758. The molecule has 0 bridgehead atoms. The topological polar surface area (TPSA) is 115 Å². The van der Waals surface area contributed by atoms with Crippen LogP contribution in [0.3, 0.4) is 0 Å². The maximum Gasteiger partial charge on any atom is 0.279 e. The number of para-hydroxylation sites is 1. The molecule has 26 heavy (non-hydrogen) atoms. The fraction of sp³-hybridized carbons (Fsp3) is 0.278. The Bertz CT molecular complexity index is 900. The van der Waals surface area contributed by atoms with E-state index in [1.807, 2.05) is 32.9 Å². The molecular weight excluding hydrogens is 338 g/mol. The van der Waals surface area contributed by atoms with Crippen LogP contribution in [0.1, 0.15) is 42.3 Å². The Morgan fingerprint density at radius 3 is 2.19 bits per heavy atom. The Labute approximate surface area is 150 Å². The molecule has 2 aromatic carbocycles. The van der Waals surface area contributed by atoms with Crippen LogP contribution in [-0.2, 0) is 5.41 Å². The van der Waals surface area contributed by atoms with Gasteiger partial charge in [0, 0.05) is 17.3 Å². The molecule has 1 amide bonds. The zero-order chi connectivity index (χ0) is 19.6. The summed E-state index contributed by atoms with van der Waals surface area (Å²) in [6.07, 6.45) is 0. The number of anilines is 1. The van der Waals surface area contributed by atoms with Crippen LogP contribution in [0.2, 0.25) is 0 Å². The lowest BCUT2D eigenvalue weighted by Crippen LogP contribution is -2.19. The van der Waals surface area contributed by atoms with Crippen LogP contribution in [0.25, 0.3) is 0 Å². The number of nitrogens with one attached hydrogen (secondary N) is 1. The van der Waals surface area contributed by atoms with Gasteiger partial charge in [-0.15, -0.1) is 0 Å². The maximum atomic E-state index is 12.7. The van der Waals surface area contributed by atoms with Crippen molar-refractivity contribution in [2.75, 3.05) is 5.32 Å². The summed E-state index contributed by atoms with van der Waals surface area (Å²) in [6, 6.07) is 9.11. The van der Waals surface area contributed by atoms with Gasteiger partial charge in [-0.1, -0.05) is 39.0 Å². The van der Waals surface area contributed by atoms with E-state index < -0.39 is 27.1 Å². The molecule has 0 saturated heterocycles. The highest BCUT2D eigenvalue weighted by Gasteiger charge is 2.26. The number of hydrogen-bond donors (Lipinski definition) is 1. The molecule has 8 heteroatoms. The number of nitro groups is 2. The predicted octanol–water partition coefficient (Wildman–Crippen LogP) is 4.36. The summed E-state index contributed by atoms with van der Waals surface area (Å²) >= 11 is 0. The Balaban J connectivity index is 2.52. The predicted molar refractivity (Wildman–Crippen MR) is 97.6 cm³/mol. The van der Waals surface area contributed by atoms with Gasteiger partial charge in [0.05, 0.1) is 21.5 Å². The van der Waals surface area contributed by atoms with Gasteiger partial charge in [0.2, 0.25) is 0 Å². The number of nitrogens with zero attached hydrogens (tertiary/aromatic N) is 2. The second-order valence-electron chi connectivity index (χ2n) is 6.90. The first-order valence-corrected chi connectivity index (χ1v) is 7.86. The molecule has 0 aromatic heterocycles. The molecule has 0 aliphatic rings. The Hall–Kier alpha value is -3.29. The lowest BCUT2D eigenvalue weighted by molar-refractivity contribution is -0.394. The van der Waals surface area contributed by atoms with Crippen LogP contribution in [0.5, 0.6) is 0 Å². The summed E-state index contributed by atoms with van der Waals surface area (Å²) in [7, 11) is 0. The van der Waals surface area contributed by atoms with E-state index in [1.165, 1.54) is 6.92 Å². The van der Waals surface area contributed by atoms with Gasteiger partial charge < -0.3 is 5.32 Å². The molecule has 0 aliphatic carbocycles. The maximum absolute atomic E-state index is 12.7. The normalized spacial score (nSPS) is 11.1. The fourth-order valence-corrected chi connectivity index (χ4v) is 2.65. The minimum absolute atomic E-state index is 0.0753. The van der Waals surface area contributed by atoms with Gasteiger partial charge in [-0.25, -0.2) is 0 Å². The minimum Gasteiger partial charge on any atom is -0.322 e. The SMILES string of the molecule is Cc1c(C(=O)Nc2ccccc2C(C)(C)C)cc([N+](=O)[O-])cc1[N+](=O)[O-]. The van der Waals surface area contributed by atoms with Crippen LogP contribution in [0.15, 0.2) is 36.4 Å². The summed E-state index contributed by atoms with van der Waals surface area (Å²) in [5, 5.41) is 24.9. The van der Waals surface area contributed by atoms with Gasteiger partial charge in [-0.05, 0) is 24.0 Å². The lowest BCUT2D eigenvalue weighted by atomic mass is 9.85. The number of rotatable bonds is 4. The quantitative estimate of drug-likeness (QED) is 0.644. The van der Waals surface area contributed by atoms with Crippen molar-refractivity contribution in [1.29, 1.82) is 0 Å². The second kappa shape index (κ2) is 6.91. The summed E-state index contributed by atoms with van der Waals surface area (Å²) in [5.74, 6) is -0.633. The van der Waals surface area contributed by atoms with Crippen molar-refractivity contribution in [3.63, 3.8) is 0 Å². The molecular formula is C18H19N3O5. The first-order valence-electron chi connectivity index (χ1n) is 7.86. The van der Waals surface area contributed by atoms with Gasteiger partial charge in [0.15, 0.2) is 0 Å². The van der Waals surface area contributed by atoms with Crippen LogP contribution in [-0.4, -0.2) is 15.8 Å². The zero-order valence-corrected chi connectivity index (χ0v) is 14.9. The van der Waals surface area contributed by atoms with E-state index in [4.69, 9.17) is 0 Å². The molecule has 0 heterocycles. The molecule has 0 atom stereocenters. The number of carbonyl (C=O) groups excluding carboxylic acids is 1. The molecule has 8 nitrogen and oxygen atoms in total. The average molecular weight is 357 g/mol. The van der Waals surface area contributed by atoms with Gasteiger partial charge in [0.1, 0.15) is 0 Å². The second-order valence-corrected chi connectivity index (χ2v) is 6.90. The molecule has 2 rings (SSSR count). The lowest BCUT2D eigenvalue weighted by Gasteiger charge is -2.23. The van der Waals surface area contributed by atoms with Crippen LogP contribution >= 0.6 is 0 Å². The van der Waals surface area contributed by atoms with Crippen molar-refractivity contribution in [2.45, 2.75) is 33.1 Å². The molecule has 0 aliphatic heterocycles. The molecule has 2 aromatic rings. The first kappa shape index (κ1) is 19.0. The smallest absolute Gasteiger partial charge is 0.279 e. The van der Waals surface area contributed by atoms with Gasteiger partial charge in [0.25, 0.3) is 17.3 Å². The third kappa shape index (κ3) is 3.85. The Morgan fingerprint density at radius 1 is 1.04 bits per heavy atom. The van der Waals surface area contributed by atoms with Crippen molar-refractivity contribution < 1.29 is 14.6 Å². The molecule has 0 unspecified atom stereocenters. The molecule has 0 spiro atoms. The summed E-state index contributed by atoms with van der Waals surface area (Å²) in [5.41, 5.74) is 0.198. The van der Waals surface area contributed by atoms with Crippen LogP contribution in [0, 0.1) is 27.2 Å². The number of benzene rings is 2. The van der Waals surface area contributed by atoms with E-state index in [1.54, 1.807) is 12.1 Å². The number of nitro benzene ring substituents is 2. The highest BCUT2D eigenvalue weighted by molar-refractivity contribution is 6.06. The third-order valence-electron chi connectivity index (χ3n) is 4.00. The molecule has 1 N–H and O–H groups in total.